The van der Waals surface area contributed by atoms with Crippen LogP contribution >= 0.6 is 0 Å². The van der Waals surface area contributed by atoms with Crippen molar-refractivity contribution in [3.05, 3.63) is 60.2 Å². The van der Waals surface area contributed by atoms with Gasteiger partial charge in [-0.3, -0.25) is 0 Å². The SMILES string of the molecule is O=C(O)c1ccccc1Nc1ccccc1.[NaH]. The Bertz CT molecular complexity index is 500. The van der Waals surface area contributed by atoms with E-state index < -0.39 is 5.97 Å². The van der Waals surface area contributed by atoms with Gasteiger partial charge in [-0.05, 0) is 24.3 Å². The third kappa shape index (κ3) is 3.60. The Morgan fingerprint density at radius 3 is 2.18 bits per heavy atom. The van der Waals surface area contributed by atoms with Gasteiger partial charge in [0.05, 0.1) is 11.3 Å². The van der Waals surface area contributed by atoms with Gasteiger partial charge in [-0.1, -0.05) is 30.3 Å². The Morgan fingerprint density at radius 1 is 0.941 bits per heavy atom. The van der Waals surface area contributed by atoms with Gasteiger partial charge in [0, 0.05) is 5.69 Å². The molecule has 0 spiro atoms. The van der Waals surface area contributed by atoms with Crippen molar-refractivity contribution in [3.63, 3.8) is 0 Å². The van der Waals surface area contributed by atoms with E-state index in [-0.39, 0.29) is 35.1 Å². The quantitative estimate of drug-likeness (QED) is 0.806. The van der Waals surface area contributed by atoms with Crippen LogP contribution in [0.1, 0.15) is 10.4 Å². The van der Waals surface area contributed by atoms with E-state index in [1.807, 2.05) is 30.3 Å². The normalized spacial score (nSPS) is 9.18. The number of aromatic carboxylic acids is 1. The van der Waals surface area contributed by atoms with Crippen molar-refractivity contribution in [1.82, 2.24) is 0 Å². The molecule has 0 unspecified atom stereocenters. The van der Waals surface area contributed by atoms with Crippen LogP contribution in [0.5, 0.6) is 0 Å². The van der Waals surface area contributed by atoms with E-state index in [0.29, 0.717) is 5.69 Å². The average Bonchev–Trinajstić information content (AvgIpc) is 2.31. The molecule has 17 heavy (non-hydrogen) atoms. The monoisotopic (exact) mass is 237 g/mol. The van der Waals surface area contributed by atoms with Crippen molar-refractivity contribution in [2.75, 3.05) is 5.32 Å². The molecule has 0 heterocycles. The van der Waals surface area contributed by atoms with Crippen LogP contribution in [-0.4, -0.2) is 40.6 Å². The van der Waals surface area contributed by atoms with Gasteiger partial charge in [0.2, 0.25) is 0 Å². The fourth-order valence-electron chi connectivity index (χ4n) is 1.46. The number of nitrogens with one attached hydrogen (secondary N) is 1. The van der Waals surface area contributed by atoms with Gasteiger partial charge in [0.25, 0.3) is 0 Å². The first-order valence-electron chi connectivity index (χ1n) is 4.92. The third-order valence-electron chi connectivity index (χ3n) is 2.21. The van der Waals surface area contributed by atoms with E-state index >= 15 is 0 Å². The molecule has 0 aliphatic heterocycles. The summed E-state index contributed by atoms with van der Waals surface area (Å²) in [4.78, 5) is 11.0. The molecule has 2 N–H and O–H groups in total. The minimum atomic E-state index is -0.931. The maximum absolute atomic E-state index is 11.0. The van der Waals surface area contributed by atoms with Gasteiger partial charge in [0.15, 0.2) is 0 Å². The van der Waals surface area contributed by atoms with Crippen LogP contribution in [-0.2, 0) is 0 Å². The van der Waals surface area contributed by atoms with E-state index in [0.717, 1.165) is 5.69 Å². The first kappa shape index (κ1) is 13.8. The molecule has 0 radical (unpaired) electrons. The zero-order valence-electron chi connectivity index (χ0n) is 8.55. The Hall–Kier alpha value is -1.29. The molecule has 2 aromatic carbocycles. The molecule has 0 bridgehead atoms. The fraction of sp³-hybridized carbons (Fsp3) is 0. The zero-order valence-corrected chi connectivity index (χ0v) is 8.55. The van der Waals surface area contributed by atoms with Crippen molar-refractivity contribution in [2.24, 2.45) is 0 Å². The van der Waals surface area contributed by atoms with Crippen LogP contribution in [0.2, 0.25) is 0 Å². The third-order valence-corrected chi connectivity index (χ3v) is 2.21. The van der Waals surface area contributed by atoms with Crippen LogP contribution in [0.3, 0.4) is 0 Å². The number of rotatable bonds is 3. The molecular formula is C13H12NNaO2. The molecule has 0 amide bonds. The average molecular weight is 237 g/mol. The first-order chi connectivity index (χ1) is 7.77. The molecule has 2 rings (SSSR count). The summed E-state index contributed by atoms with van der Waals surface area (Å²) >= 11 is 0. The number of benzene rings is 2. The summed E-state index contributed by atoms with van der Waals surface area (Å²) in [5, 5.41) is 12.1. The molecule has 0 fully saturated rings. The van der Waals surface area contributed by atoms with Crippen molar-refractivity contribution in [2.45, 2.75) is 0 Å². The van der Waals surface area contributed by atoms with E-state index in [1.165, 1.54) is 0 Å². The Kier molecular flexibility index (Phi) is 5.22. The van der Waals surface area contributed by atoms with Crippen LogP contribution in [0, 0.1) is 0 Å². The Labute approximate surface area is 122 Å². The van der Waals surface area contributed by atoms with Gasteiger partial charge in [0.1, 0.15) is 0 Å². The van der Waals surface area contributed by atoms with Crippen LogP contribution < -0.4 is 5.32 Å². The summed E-state index contributed by atoms with van der Waals surface area (Å²) in [6.45, 7) is 0. The molecule has 0 aliphatic rings. The second-order valence-corrected chi connectivity index (χ2v) is 3.34. The molecule has 0 aromatic heterocycles. The van der Waals surface area contributed by atoms with Crippen LogP contribution in [0.15, 0.2) is 54.6 Å². The molecule has 4 heteroatoms. The van der Waals surface area contributed by atoms with E-state index in [4.69, 9.17) is 5.11 Å². The van der Waals surface area contributed by atoms with Gasteiger partial charge < -0.3 is 10.4 Å². The van der Waals surface area contributed by atoms with Gasteiger partial charge >= 0.3 is 35.5 Å². The fourth-order valence-corrected chi connectivity index (χ4v) is 1.46. The van der Waals surface area contributed by atoms with Crippen molar-refractivity contribution >= 4 is 46.9 Å². The summed E-state index contributed by atoms with van der Waals surface area (Å²) in [6, 6.07) is 16.3. The van der Waals surface area contributed by atoms with E-state index in [2.05, 4.69) is 5.32 Å². The van der Waals surface area contributed by atoms with Crippen molar-refractivity contribution < 1.29 is 9.90 Å². The molecule has 0 aliphatic carbocycles. The number of hydrogen-bond donors (Lipinski definition) is 2. The molecule has 3 nitrogen and oxygen atoms in total. The maximum atomic E-state index is 11.0. The molecule has 0 atom stereocenters. The summed E-state index contributed by atoms with van der Waals surface area (Å²) in [7, 11) is 0. The number of hydrogen-bond acceptors (Lipinski definition) is 2. The number of anilines is 2. The predicted octanol–water partition coefficient (Wildman–Crippen LogP) is 2.48. The Balaban J connectivity index is 0.00000144. The number of carboxylic acid groups (broad SMARTS) is 1. The van der Waals surface area contributed by atoms with Crippen molar-refractivity contribution in [1.29, 1.82) is 0 Å². The second kappa shape index (κ2) is 6.45. The standard InChI is InChI=1S/C13H11NO2.Na.H/c15-13(16)11-8-4-5-9-12(11)14-10-6-2-1-3-7-10;;/h1-9,14H,(H,15,16);;. The topological polar surface area (TPSA) is 49.3 Å². The van der Waals surface area contributed by atoms with E-state index in [1.54, 1.807) is 24.3 Å². The number of carbonyl (C=O) groups is 1. The summed E-state index contributed by atoms with van der Waals surface area (Å²) in [5.41, 5.74) is 1.74. The van der Waals surface area contributed by atoms with Crippen LogP contribution in [0.4, 0.5) is 11.4 Å². The molecule has 0 saturated heterocycles. The number of para-hydroxylation sites is 2. The predicted molar refractivity (Wildman–Crippen MR) is 70.3 cm³/mol. The molecule has 82 valence electrons. The van der Waals surface area contributed by atoms with Crippen LogP contribution in [0.25, 0.3) is 0 Å². The van der Waals surface area contributed by atoms with Gasteiger partial charge in [-0.25, -0.2) is 4.79 Å². The molecule has 0 saturated carbocycles. The molecular weight excluding hydrogens is 225 g/mol. The van der Waals surface area contributed by atoms with Crippen molar-refractivity contribution in [3.8, 4) is 0 Å². The Morgan fingerprint density at radius 2 is 1.53 bits per heavy atom. The summed E-state index contributed by atoms with van der Waals surface area (Å²) in [5.74, 6) is -0.931. The summed E-state index contributed by atoms with van der Waals surface area (Å²) in [6.07, 6.45) is 0. The minimum absolute atomic E-state index is 0. The van der Waals surface area contributed by atoms with E-state index in [9.17, 15) is 4.79 Å². The first-order valence-corrected chi connectivity index (χ1v) is 4.92. The van der Waals surface area contributed by atoms with Gasteiger partial charge in [-0.15, -0.1) is 0 Å². The summed E-state index contributed by atoms with van der Waals surface area (Å²) < 4.78 is 0. The molecule has 2 aromatic rings. The number of carboxylic acids is 1. The zero-order chi connectivity index (χ0) is 11.4. The van der Waals surface area contributed by atoms with Gasteiger partial charge in [-0.2, -0.15) is 0 Å². The second-order valence-electron chi connectivity index (χ2n) is 3.34.